The highest BCUT2D eigenvalue weighted by molar-refractivity contribution is 5.38. The van der Waals surface area contributed by atoms with E-state index in [9.17, 15) is 5.11 Å². The molecule has 2 heteroatoms. The molecule has 110 valence electrons. The topological polar surface area (TPSA) is 29.5 Å². The van der Waals surface area contributed by atoms with Gasteiger partial charge in [-0.25, -0.2) is 0 Å². The Morgan fingerprint density at radius 3 is 2.76 bits per heavy atom. The van der Waals surface area contributed by atoms with E-state index in [0.29, 0.717) is 6.61 Å². The predicted octanol–water partition coefficient (Wildman–Crippen LogP) is 4.25. The summed E-state index contributed by atoms with van der Waals surface area (Å²) in [5, 5.41) is 10.1. The van der Waals surface area contributed by atoms with Gasteiger partial charge in [0, 0.05) is 0 Å². The Balaban J connectivity index is 1.73. The van der Waals surface area contributed by atoms with Crippen molar-refractivity contribution in [2.45, 2.75) is 45.8 Å². The monoisotopic (exact) mass is 282 g/mol. The summed E-state index contributed by atoms with van der Waals surface area (Å²) in [5.74, 6) is 0.841. The molecule has 1 aliphatic carbocycles. The lowest BCUT2D eigenvalue weighted by atomic mass is 9.89. The second-order valence-corrected chi connectivity index (χ2v) is 5.98. The molecular weight excluding hydrogens is 260 g/mol. The highest BCUT2D eigenvalue weighted by Gasteiger charge is 2.18. The van der Waals surface area contributed by atoms with Crippen LogP contribution < -0.4 is 4.74 Å². The number of aryl methyl sites for hydroxylation is 3. The molecule has 3 rings (SSSR count). The maximum absolute atomic E-state index is 10.1. The Labute approximate surface area is 126 Å². The lowest BCUT2D eigenvalue weighted by molar-refractivity contribution is 0.156. The molecule has 0 radical (unpaired) electrons. The van der Waals surface area contributed by atoms with E-state index >= 15 is 0 Å². The van der Waals surface area contributed by atoms with E-state index in [1.807, 2.05) is 12.1 Å². The van der Waals surface area contributed by atoms with Crippen LogP contribution in [0.2, 0.25) is 0 Å². The summed E-state index contributed by atoms with van der Waals surface area (Å²) in [5.41, 5.74) is 6.06. The first-order chi connectivity index (χ1) is 10.1. The second-order valence-electron chi connectivity index (χ2n) is 5.98. The van der Waals surface area contributed by atoms with E-state index in [4.69, 9.17) is 4.74 Å². The van der Waals surface area contributed by atoms with Crippen LogP contribution in [0.25, 0.3) is 0 Å². The van der Waals surface area contributed by atoms with E-state index in [1.165, 1.54) is 22.3 Å². The fourth-order valence-electron chi connectivity index (χ4n) is 2.90. The largest absolute Gasteiger partial charge is 0.489 e. The van der Waals surface area contributed by atoms with E-state index in [0.717, 1.165) is 30.6 Å². The smallest absolute Gasteiger partial charge is 0.120 e. The van der Waals surface area contributed by atoms with Gasteiger partial charge in [-0.15, -0.1) is 0 Å². The molecule has 1 N–H and O–H groups in total. The van der Waals surface area contributed by atoms with E-state index in [2.05, 4.69) is 38.1 Å². The standard InChI is InChI=1S/C19H22O2/c1-13-6-7-15(10-14(13)2)12-21-17-9-8-16-4-3-5-19(20)18(16)11-17/h6-11,19-20H,3-5,12H2,1-2H3. The van der Waals surface area contributed by atoms with Gasteiger partial charge in [0.05, 0.1) is 6.10 Å². The molecule has 0 fully saturated rings. The fourth-order valence-corrected chi connectivity index (χ4v) is 2.90. The summed E-state index contributed by atoms with van der Waals surface area (Å²) in [6.07, 6.45) is 2.65. The van der Waals surface area contributed by atoms with Crippen LogP contribution in [0, 0.1) is 13.8 Å². The van der Waals surface area contributed by atoms with Crippen LogP contribution in [0.5, 0.6) is 5.75 Å². The van der Waals surface area contributed by atoms with Crippen molar-refractivity contribution >= 4 is 0 Å². The molecule has 1 aliphatic rings. The van der Waals surface area contributed by atoms with Crippen molar-refractivity contribution in [1.82, 2.24) is 0 Å². The molecular formula is C19H22O2. The van der Waals surface area contributed by atoms with Crippen molar-refractivity contribution < 1.29 is 9.84 Å². The summed E-state index contributed by atoms with van der Waals surface area (Å²) in [6.45, 7) is 4.80. The molecule has 0 amide bonds. The molecule has 2 aromatic rings. The minimum atomic E-state index is -0.334. The van der Waals surface area contributed by atoms with E-state index in [1.54, 1.807) is 0 Å². The number of hydrogen-bond acceptors (Lipinski definition) is 2. The third-order valence-electron chi connectivity index (χ3n) is 4.38. The summed E-state index contributed by atoms with van der Waals surface area (Å²) in [7, 11) is 0. The predicted molar refractivity (Wildman–Crippen MR) is 84.6 cm³/mol. The Morgan fingerprint density at radius 2 is 1.95 bits per heavy atom. The third-order valence-corrected chi connectivity index (χ3v) is 4.38. The zero-order valence-corrected chi connectivity index (χ0v) is 12.7. The summed E-state index contributed by atoms with van der Waals surface area (Å²) in [6, 6.07) is 12.5. The Morgan fingerprint density at radius 1 is 1.10 bits per heavy atom. The molecule has 0 saturated carbocycles. The van der Waals surface area contributed by atoms with Gasteiger partial charge in [0.2, 0.25) is 0 Å². The highest BCUT2D eigenvalue weighted by Crippen LogP contribution is 2.32. The van der Waals surface area contributed by atoms with Gasteiger partial charge in [0.15, 0.2) is 0 Å². The number of aliphatic hydroxyl groups is 1. The third kappa shape index (κ3) is 3.11. The average Bonchev–Trinajstić information content (AvgIpc) is 2.49. The SMILES string of the molecule is Cc1ccc(COc2ccc3c(c2)C(O)CCC3)cc1C. The van der Waals surface area contributed by atoms with Crippen molar-refractivity contribution in [3.63, 3.8) is 0 Å². The van der Waals surface area contributed by atoms with Crippen molar-refractivity contribution in [3.8, 4) is 5.75 Å². The van der Waals surface area contributed by atoms with Crippen LogP contribution in [-0.2, 0) is 13.0 Å². The number of rotatable bonds is 3. The first-order valence-electron chi connectivity index (χ1n) is 7.63. The molecule has 0 aromatic heterocycles. The first kappa shape index (κ1) is 14.2. The van der Waals surface area contributed by atoms with Gasteiger partial charge in [-0.1, -0.05) is 24.3 Å². The molecule has 21 heavy (non-hydrogen) atoms. The minimum Gasteiger partial charge on any atom is -0.489 e. The molecule has 0 aliphatic heterocycles. The van der Waals surface area contributed by atoms with E-state index in [-0.39, 0.29) is 6.10 Å². The summed E-state index contributed by atoms with van der Waals surface area (Å²) in [4.78, 5) is 0. The van der Waals surface area contributed by atoms with Gasteiger partial charge in [-0.3, -0.25) is 0 Å². The van der Waals surface area contributed by atoms with Crippen LogP contribution in [0.4, 0.5) is 0 Å². The van der Waals surface area contributed by atoms with Crippen LogP contribution in [0.1, 0.15) is 46.8 Å². The zero-order valence-electron chi connectivity index (χ0n) is 12.7. The van der Waals surface area contributed by atoms with Gasteiger partial charge >= 0.3 is 0 Å². The molecule has 0 heterocycles. The average molecular weight is 282 g/mol. The number of fused-ring (bicyclic) bond motifs is 1. The van der Waals surface area contributed by atoms with Gasteiger partial charge < -0.3 is 9.84 Å². The molecule has 0 spiro atoms. The van der Waals surface area contributed by atoms with Crippen LogP contribution in [0.3, 0.4) is 0 Å². The van der Waals surface area contributed by atoms with Crippen LogP contribution in [-0.4, -0.2) is 5.11 Å². The van der Waals surface area contributed by atoms with E-state index < -0.39 is 0 Å². The number of hydrogen-bond donors (Lipinski definition) is 1. The molecule has 2 nitrogen and oxygen atoms in total. The highest BCUT2D eigenvalue weighted by atomic mass is 16.5. The van der Waals surface area contributed by atoms with Crippen molar-refractivity contribution in [2.24, 2.45) is 0 Å². The maximum atomic E-state index is 10.1. The quantitative estimate of drug-likeness (QED) is 0.911. The van der Waals surface area contributed by atoms with Crippen molar-refractivity contribution in [2.75, 3.05) is 0 Å². The zero-order chi connectivity index (χ0) is 14.8. The fraction of sp³-hybridized carbons (Fsp3) is 0.368. The summed E-state index contributed by atoms with van der Waals surface area (Å²) >= 11 is 0. The number of aliphatic hydroxyl groups excluding tert-OH is 1. The minimum absolute atomic E-state index is 0.334. The molecule has 1 atom stereocenters. The van der Waals surface area contributed by atoms with Gasteiger partial charge in [-0.2, -0.15) is 0 Å². The molecule has 0 saturated heterocycles. The second kappa shape index (κ2) is 5.90. The van der Waals surface area contributed by atoms with Crippen molar-refractivity contribution in [1.29, 1.82) is 0 Å². The molecule has 2 aromatic carbocycles. The lowest BCUT2D eigenvalue weighted by Crippen LogP contribution is -2.09. The maximum Gasteiger partial charge on any atom is 0.120 e. The van der Waals surface area contributed by atoms with Gasteiger partial charge in [0.1, 0.15) is 12.4 Å². The summed E-state index contributed by atoms with van der Waals surface area (Å²) < 4.78 is 5.89. The van der Waals surface area contributed by atoms with Crippen LogP contribution in [0.15, 0.2) is 36.4 Å². The molecule has 0 bridgehead atoms. The molecule has 1 unspecified atom stereocenters. The number of benzene rings is 2. The van der Waals surface area contributed by atoms with Gasteiger partial charge in [0.25, 0.3) is 0 Å². The first-order valence-corrected chi connectivity index (χ1v) is 7.63. The lowest BCUT2D eigenvalue weighted by Gasteiger charge is -2.22. The Kier molecular flexibility index (Phi) is 3.98. The normalized spacial score (nSPS) is 17.4. The number of ether oxygens (including phenoxy) is 1. The van der Waals surface area contributed by atoms with Crippen LogP contribution >= 0.6 is 0 Å². The Hall–Kier alpha value is -1.80. The van der Waals surface area contributed by atoms with Crippen molar-refractivity contribution in [3.05, 3.63) is 64.2 Å². The van der Waals surface area contributed by atoms with Gasteiger partial charge in [-0.05, 0) is 73.1 Å². The Bertz CT molecular complexity index is 646.